The van der Waals surface area contributed by atoms with Crippen LogP contribution < -0.4 is 9.97 Å². The molecule has 3 radical (unpaired) electrons. The van der Waals surface area contributed by atoms with Crippen molar-refractivity contribution in [3.63, 3.8) is 0 Å². The largest absolute Gasteiger partial charge is 2.00 e. The molecular formula is C80H79F2Ir3N8O4Pt-3. The zero-order chi connectivity index (χ0) is 67.5. The molecule has 2 N–H and O–H groups in total. The third-order valence-corrected chi connectivity index (χ3v) is 15.2. The van der Waals surface area contributed by atoms with Gasteiger partial charge in [0, 0.05) is 103 Å². The molecule has 18 heteroatoms. The molecule has 2 aliphatic heterocycles. The molecule has 0 fully saturated rings. The third kappa shape index (κ3) is 23.3. The number of ketones is 1. The van der Waals surface area contributed by atoms with E-state index in [1.807, 2.05) is 84.9 Å². The molecule has 12 rings (SSSR count). The van der Waals surface area contributed by atoms with E-state index in [0.29, 0.717) is 5.69 Å². The molecule has 8 bridgehead atoms. The summed E-state index contributed by atoms with van der Waals surface area (Å²) in [6.45, 7) is 20.8. The Morgan fingerprint density at radius 3 is 1.03 bits per heavy atom. The van der Waals surface area contributed by atoms with Gasteiger partial charge in [0.15, 0.2) is 5.78 Å². The van der Waals surface area contributed by atoms with Crippen molar-refractivity contribution in [1.29, 1.82) is 0 Å². The number of halogens is 2. The third-order valence-electron chi connectivity index (χ3n) is 15.2. The molecule has 7 aromatic heterocycles. The van der Waals surface area contributed by atoms with Crippen molar-refractivity contribution in [3.8, 4) is 33.8 Å². The first kappa shape index (κ1) is 84.3. The van der Waals surface area contributed by atoms with Crippen molar-refractivity contribution in [1.82, 2.24) is 39.9 Å². The van der Waals surface area contributed by atoms with Crippen LogP contribution in [0.1, 0.15) is 150 Å². The van der Waals surface area contributed by atoms with Crippen molar-refractivity contribution in [2.45, 2.75) is 121 Å². The molecule has 3 aromatic carbocycles. The number of carbonyl (C=O) groups excluding carboxylic acids is 1. The second-order valence-corrected chi connectivity index (χ2v) is 21.4. The predicted octanol–water partition coefficient (Wildman–Crippen LogP) is 19.0. The van der Waals surface area contributed by atoms with Gasteiger partial charge in [0.2, 0.25) is 0 Å². The van der Waals surface area contributed by atoms with Crippen LogP contribution in [0.3, 0.4) is 0 Å². The topological polar surface area (TPSA) is 180 Å². The molecule has 0 spiro atoms. The zero-order valence-corrected chi connectivity index (χ0v) is 65.9. The number of fused-ring (bicyclic) bond motifs is 8. The average molecular weight is 2030 g/mol. The van der Waals surface area contributed by atoms with E-state index in [1.165, 1.54) is 76.7 Å². The molecule has 0 atom stereocenters. The number of rotatable bonds is 13. The minimum atomic E-state index is -0.990. The van der Waals surface area contributed by atoms with Crippen LogP contribution in [0.2, 0.25) is 0 Å². The molecule has 0 aliphatic carbocycles. The summed E-state index contributed by atoms with van der Waals surface area (Å²) in [5, 5.41) is 16.7. The van der Waals surface area contributed by atoms with Crippen LogP contribution in [0.5, 0.6) is 0 Å². The van der Waals surface area contributed by atoms with Crippen molar-refractivity contribution >= 4 is 56.1 Å². The van der Waals surface area contributed by atoms with Crippen LogP contribution in [0.25, 0.3) is 78.1 Å². The van der Waals surface area contributed by atoms with Gasteiger partial charge in [-0.05, 0) is 135 Å². The molecule has 517 valence electrons. The van der Waals surface area contributed by atoms with Crippen LogP contribution in [0.4, 0.5) is 8.78 Å². The van der Waals surface area contributed by atoms with E-state index in [0.717, 1.165) is 131 Å². The molecule has 98 heavy (non-hydrogen) atoms. The van der Waals surface area contributed by atoms with Crippen LogP contribution in [0, 0.1) is 29.8 Å². The number of aliphatic hydroxyl groups is 1. The number of carbonyl (C=O) groups is 2. The van der Waals surface area contributed by atoms with Crippen LogP contribution in [-0.4, -0.2) is 51.9 Å². The number of nitrogens with zero attached hydrogens (tertiary/aromatic N) is 8. The van der Waals surface area contributed by atoms with Crippen LogP contribution in [0.15, 0.2) is 194 Å². The summed E-state index contributed by atoms with van der Waals surface area (Å²) in [6, 6.07) is 56.9. The van der Waals surface area contributed by atoms with E-state index in [2.05, 4.69) is 118 Å². The van der Waals surface area contributed by atoms with Gasteiger partial charge in [-0.25, -0.2) is 19.7 Å². The Morgan fingerprint density at radius 1 is 0.439 bits per heavy atom. The quantitative estimate of drug-likeness (QED) is 0.0634. The fourth-order valence-corrected chi connectivity index (χ4v) is 11.0. The molecule has 0 amide bonds. The molecule has 0 saturated heterocycles. The van der Waals surface area contributed by atoms with Gasteiger partial charge < -0.3 is 35.1 Å². The fourth-order valence-electron chi connectivity index (χ4n) is 11.0. The SMILES string of the molecule is CC(=O)C=C(C)O.CCC1=C(CC)c2cc3[n-]c(cc4nc(cc5[n-]c(cc1n2)c(CC)c5CC)C(CC)=C4CC)c(CC)c3CC.Fc1c[c-]c(-c2ccccn2)c(F)c1.O=C(O)c1ccccn1.[Ir].[Ir].[Ir].[Pt+2].[c-]1ccccc1-c1ccccn1.[c-]1ccccc1-c1ccccn1. The molecule has 10 aromatic rings. The van der Waals surface area contributed by atoms with Gasteiger partial charge in [-0.15, -0.1) is 106 Å². The minimum absolute atomic E-state index is 0. The second kappa shape index (κ2) is 43.4. The number of carboxylic acid groups (broad SMARTS) is 1. The number of allylic oxidation sites excluding steroid dienone is 6. The summed E-state index contributed by atoms with van der Waals surface area (Å²) in [4.78, 5) is 57.1. The Bertz CT molecular complexity index is 4020. The number of hydrogen-bond donors (Lipinski definition) is 2. The van der Waals surface area contributed by atoms with Crippen LogP contribution >= 0.6 is 0 Å². The number of aromatic carboxylic acids is 1. The van der Waals surface area contributed by atoms with E-state index in [-0.39, 0.29) is 104 Å². The van der Waals surface area contributed by atoms with Gasteiger partial charge in [-0.2, -0.15) is 0 Å². The molecule has 0 saturated carbocycles. The number of aromatic nitrogens is 8. The van der Waals surface area contributed by atoms with Crippen molar-refractivity contribution in [3.05, 3.63) is 275 Å². The average Bonchev–Trinajstić information content (AvgIpc) is 1.60. The Hall–Kier alpha value is -7.96. The van der Waals surface area contributed by atoms with Gasteiger partial charge in [0.1, 0.15) is 5.69 Å². The molecule has 9 heterocycles. The molecule has 0 unspecified atom stereocenters. The van der Waals surface area contributed by atoms with Gasteiger partial charge >= 0.3 is 27.0 Å². The van der Waals surface area contributed by atoms with E-state index < -0.39 is 17.6 Å². The Balaban J connectivity index is 0.000000352. The van der Waals surface area contributed by atoms with E-state index in [9.17, 15) is 18.4 Å². The summed E-state index contributed by atoms with van der Waals surface area (Å²) in [5.74, 6) is -2.34. The monoisotopic (exact) mass is 2030 g/mol. The van der Waals surface area contributed by atoms with E-state index in [1.54, 1.807) is 48.9 Å². The number of aryl methyl sites for hydroxylation is 4. The number of aliphatic hydroxyl groups excluding tert-OH is 1. The molecule has 12 nitrogen and oxygen atoms in total. The Morgan fingerprint density at radius 2 is 0.786 bits per heavy atom. The van der Waals surface area contributed by atoms with Crippen molar-refractivity contribution in [2.75, 3.05) is 0 Å². The van der Waals surface area contributed by atoms with Crippen molar-refractivity contribution < 1.29 is 110 Å². The maximum Gasteiger partial charge on any atom is 2.00 e. The fraction of sp³-hybridized carbons (Fsp3) is 0.225. The zero-order valence-electron chi connectivity index (χ0n) is 56.4. The Kier molecular flexibility index (Phi) is 37.4. The minimum Gasteiger partial charge on any atom is -0.657 e. The number of pyridine rings is 4. The van der Waals surface area contributed by atoms with Crippen molar-refractivity contribution in [2.24, 2.45) is 0 Å². The standard InChI is InChI=1S/C36H44N4.C11H6F2N.2C11H8N.C6H5NO2.C5H8O2.3Ir.Pt/c1-9-21-22(10-2)30-18-32-25(13-5)26(14-6)34(39-32)20-36-28(16-8)27(15-7)35(40-36)19-33-24(12-4)23(11-3)31(38-33)17-29(21)37-30;12-8-4-5-9(10(13)7-8)11-3-1-2-6-14-11;2*1-2-6-10(7-3-1)11-8-4-5-9-12-11;8-6(9)5-3-1-2-4-7-5;1-4(6)3-5(2)7;;;;/h17-20H,9-16H2,1-8H3;1-4,6-7H;2*1-6,8-9H;1-4H,(H,8,9);3,6H,1-2H3;;;;/q-2;3*-1;;;;;;+2. The van der Waals surface area contributed by atoms with E-state index >= 15 is 0 Å². The first-order valence-electron chi connectivity index (χ1n) is 31.8. The summed E-state index contributed by atoms with van der Waals surface area (Å²) in [6.07, 6.45) is 15.3. The number of benzene rings is 3. The first-order valence-corrected chi connectivity index (χ1v) is 31.8. The van der Waals surface area contributed by atoms with E-state index in [4.69, 9.17) is 30.1 Å². The molecule has 2 aliphatic rings. The number of hydrogen-bond acceptors (Lipinski definition) is 9. The maximum absolute atomic E-state index is 13.2. The van der Waals surface area contributed by atoms with Gasteiger partial charge in [-0.1, -0.05) is 156 Å². The predicted molar refractivity (Wildman–Crippen MR) is 375 cm³/mol. The second-order valence-electron chi connectivity index (χ2n) is 21.4. The van der Waals surface area contributed by atoms with Crippen LogP contribution in [-0.2, 0) is 112 Å². The van der Waals surface area contributed by atoms with Gasteiger partial charge in [0.05, 0.1) is 28.5 Å². The summed E-state index contributed by atoms with van der Waals surface area (Å²) >= 11 is 0. The summed E-state index contributed by atoms with van der Waals surface area (Å²) in [7, 11) is 0. The summed E-state index contributed by atoms with van der Waals surface area (Å²) < 4.78 is 25.8. The molecular weight excluding hydrogens is 1950 g/mol. The Labute approximate surface area is 630 Å². The normalized spacial score (nSPS) is 11.0. The van der Waals surface area contributed by atoms with Gasteiger partial charge in [-0.3, -0.25) is 13.6 Å². The van der Waals surface area contributed by atoms with Gasteiger partial charge in [0.25, 0.3) is 0 Å². The number of carboxylic acids is 1. The summed E-state index contributed by atoms with van der Waals surface area (Å²) in [5.41, 5.74) is 23.9. The smallest absolute Gasteiger partial charge is 0.657 e. The maximum atomic E-state index is 13.2. The first-order chi connectivity index (χ1) is 45.6.